The van der Waals surface area contributed by atoms with E-state index in [-0.39, 0.29) is 35.5 Å². The van der Waals surface area contributed by atoms with Gasteiger partial charge in [-0.2, -0.15) is 0 Å². The van der Waals surface area contributed by atoms with Crippen LogP contribution in [0, 0.1) is 11.7 Å². The number of halogens is 1. The molecule has 2 aromatic carbocycles. The Balaban J connectivity index is 1.86. The monoisotopic (exact) mass is 384 g/mol. The summed E-state index contributed by atoms with van der Waals surface area (Å²) in [6, 6.07) is 13.1. The number of carbonyl (C=O) groups is 2. The summed E-state index contributed by atoms with van der Waals surface area (Å²) in [5.41, 5.74) is 1.37. The normalized spacial score (nSPS) is 19.0. The molecule has 3 rings (SSSR count). The molecular formula is C22H25FN2O3. The summed E-state index contributed by atoms with van der Waals surface area (Å²) < 4.78 is 18.5. The average Bonchev–Trinajstić information content (AvgIpc) is 3.13. The molecule has 0 radical (unpaired) electrons. The number of amides is 2. The van der Waals surface area contributed by atoms with Gasteiger partial charge >= 0.3 is 0 Å². The second-order valence-corrected chi connectivity index (χ2v) is 7.37. The van der Waals surface area contributed by atoms with Gasteiger partial charge in [0.15, 0.2) is 0 Å². The SMILES string of the molecule is COc1cccc(C(=O)N2CC(C(=O)NC(C)C)C(c3ccc(F)cc3)C2)c1. The van der Waals surface area contributed by atoms with E-state index in [4.69, 9.17) is 4.74 Å². The molecule has 2 amide bonds. The molecule has 6 heteroatoms. The fraction of sp³-hybridized carbons (Fsp3) is 0.364. The first-order chi connectivity index (χ1) is 13.4. The van der Waals surface area contributed by atoms with Gasteiger partial charge < -0.3 is 15.0 Å². The lowest BCUT2D eigenvalue weighted by molar-refractivity contribution is -0.125. The van der Waals surface area contributed by atoms with Gasteiger partial charge in [0, 0.05) is 30.6 Å². The largest absolute Gasteiger partial charge is 0.497 e. The molecule has 1 aliphatic rings. The lowest BCUT2D eigenvalue weighted by Gasteiger charge is -2.19. The fourth-order valence-corrected chi connectivity index (χ4v) is 3.61. The van der Waals surface area contributed by atoms with Crippen LogP contribution < -0.4 is 10.1 Å². The van der Waals surface area contributed by atoms with Crippen LogP contribution in [-0.2, 0) is 4.79 Å². The minimum atomic E-state index is -0.387. The number of ether oxygens (including phenoxy) is 1. The third-order valence-corrected chi connectivity index (χ3v) is 4.99. The molecule has 1 saturated heterocycles. The van der Waals surface area contributed by atoms with E-state index in [1.54, 1.807) is 48.4 Å². The summed E-state index contributed by atoms with van der Waals surface area (Å²) in [7, 11) is 1.55. The molecule has 1 aliphatic heterocycles. The van der Waals surface area contributed by atoms with Crippen LogP contribution in [0.25, 0.3) is 0 Å². The minimum Gasteiger partial charge on any atom is -0.497 e. The van der Waals surface area contributed by atoms with E-state index in [9.17, 15) is 14.0 Å². The zero-order valence-electron chi connectivity index (χ0n) is 16.3. The molecule has 148 valence electrons. The molecule has 0 aromatic heterocycles. The molecule has 2 unspecified atom stereocenters. The first-order valence-electron chi connectivity index (χ1n) is 9.38. The first-order valence-corrected chi connectivity index (χ1v) is 9.38. The van der Waals surface area contributed by atoms with Crippen LogP contribution >= 0.6 is 0 Å². The number of likely N-dealkylation sites (tertiary alicyclic amines) is 1. The van der Waals surface area contributed by atoms with Crippen molar-refractivity contribution in [3.63, 3.8) is 0 Å². The van der Waals surface area contributed by atoms with Crippen LogP contribution in [0.5, 0.6) is 5.75 Å². The van der Waals surface area contributed by atoms with Crippen molar-refractivity contribution in [1.82, 2.24) is 10.2 Å². The molecule has 1 heterocycles. The van der Waals surface area contributed by atoms with Gasteiger partial charge in [0.05, 0.1) is 13.0 Å². The lowest BCUT2D eigenvalue weighted by atomic mass is 9.88. The Labute approximate surface area is 164 Å². The number of nitrogens with one attached hydrogen (secondary N) is 1. The topological polar surface area (TPSA) is 58.6 Å². The number of nitrogens with zero attached hydrogens (tertiary/aromatic N) is 1. The molecule has 2 aromatic rings. The summed E-state index contributed by atoms with van der Waals surface area (Å²) in [4.78, 5) is 27.5. The van der Waals surface area contributed by atoms with E-state index in [1.165, 1.54) is 12.1 Å². The molecular weight excluding hydrogens is 359 g/mol. The van der Waals surface area contributed by atoms with Gasteiger partial charge in [0.1, 0.15) is 11.6 Å². The highest BCUT2D eigenvalue weighted by molar-refractivity contribution is 5.95. The maximum absolute atomic E-state index is 13.3. The summed E-state index contributed by atoms with van der Waals surface area (Å²) in [6.45, 7) is 4.52. The molecule has 2 atom stereocenters. The van der Waals surface area contributed by atoms with E-state index < -0.39 is 0 Å². The molecule has 5 nitrogen and oxygen atoms in total. The van der Waals surface area contributed by atoms with Crippen molar-refractivity contribution in [1.29, 1.82) is 0 Å². The Morgan fingerprint density at radius 1 is 1.14 bits per heavy atom. The van der Waals surface area contributed by atoms with Crippen LogP contribution in [0.4, 0.5) is 4.39 Å². The van der Waals surface area contributed by atoms with Crippen molar-refractivity contribution in [2.45, 2.75) is 25.8 Å². The van der Waals surface area contributed by atoms with Gasteiger partial charge in [-0.25, -0.2) is 4.39 Å². The zero-order valence-corrected chi connectivity index (χ0v) is 16.3. The number of hydrogen-bond acceptors (Lipinski definition) is 3. The van der Waals surface area contributed by atoms with Crippen molar-refractivity contribution < 1.29 is 18.7 Å². The van der Waals surface area contributed by atoms with Gasteiger partial charge in [0.2, 0.25) is 5.91 Å². The van der Waals surface area contributed by atoms with E-state index in [0.717, 1.165) is 5.56 Å². The van der Waals surface area contributed by atoms with Crippen molar-refractivity contribution in [3.05, 3.63) is 65.5 Å². The standard InChI is InChI=1S/C22H25FN2O3/c1-14(2)24-21(26)20-13-25(12-19(20)15-7-9-17(23)10-8-15)22(27)16-5-4-6-18(11-16)28-3/h4-11,14,19-20H,12-13H2,1-3H3,(H,24,26). The first kappa shape index (κ1) is 19.9. The van der Waals surface area contributed by atoms with Crippen LogP contribution in [0.2, 0.25) is 0 Å². The molecule has 1 N–H and O–H groups in total. The number of methoxy groups -OCH3 is 1. The Hall–Kier alpha value is -2.89. The highest BCUT2D eigenvalue weighted by atomic mass is 19.1. The van der Waals surface area contributed by atoms with Gasteiger partial charge in [-0.15, -0.1) is 0 Å². The average molecular weight is 384 g/mol. The van der Waals surface area contributed by atoms with Crippen molar-refractivity contribution >= 4 is 11.8 Å². The number of rotatable bonds is 5. The third-order valence-electron chi connectivity index (χ3n) is 4.99. The number of carbonyl (C=O) groups excluding carboxylic acids is 2. The van der Waals surface area contributed by atoms with Crippen LogP contribution in [0.1, 0.15) is 35.7 Å². The zero-order chi connectivity index (χ0) is 20.3. The molecule has 0 saturated carbocycles. The van der Waals surface area contributed by atoms with Crippen LogP contribution in [0.3, 0.4) is 0 Å². The molecule has 0 aliphatic carbocycles. The second-order valence-electron chi connectivity index (χ2n) is 7.37. The summed E-state index contributed by atoms with van der Waals surface area (Å²) >= 11 is 0. The van der Waals surface area contributed by atoms with E-state index in [2.05, 4.69) is 5.32 Å². The highest BCUT2D eigenvalue weighted by Gasteiger charge is 2.40. The Bertz CT molecular complexity index is 851. The smallest absolute Gasteiger partial charge is 0.254 e. The third kappa shape index (κ3) is 4.32. The Morgan fingerprint density at radius 2 is 1.86 bits per heavy atom. The molecule has 0 spiro atoms. The summed E-state index contributed by atoms with van der Waals surface area (Å²) in [5, 5.41) is 2.94. The van der Waals surface area contributed by atoms with E-state index in [0.29, 0.717) is 24.4 Å². The molecule has 0 bridgehead atoms. The van der Waals surface area contributed by atoms with E-state index in [1.807, 2.05) is 13.8 Å². The quantitative estimate of drug-likeness (QED) is 0.861. The maximum atomic E-state index is 13.3. The molecule has 28 heavy (non-hydrogen) atoms. The van der Waals surface area contributed by atoms with E-state index >= 15 is 0 Å². The lowest BCUT2D eigenvalue weighted by Crippen LogP contribution is -2.39. The minimum absolute atomic E-state index is 0.00417. The number of hydrogen-bond donors (Lipinski definition) is 1. The predicted molar refractivity (Wildman–Crippen MR) is 105 cm³/mol. The van der Waals surface area contributed by atoms with Gasteiger partial charge in [0.25, 0.3) is 5.91 Å². The highest BCUT2D eigenvalue weighted by Crippen LogP contribution is 2.34. The maximum Gasteiger partial charge on any atom is 0.254 e. The fourth-order valence-electron chi connectivity index (χ4n) is 3.61. The Morgan fingerprint density at radius 3 is 2.50 bits per heavy atom. The van der Waals surface area contributed by atoms with Crippen LogP contribution in [-0.4, -0.2) is 43.0 Å². The number of benzene rings is 2. The Kier molecular flexibility index (Phi) is 5.97. The van der Waals surface area contributed by atoms with Crippen LogP contribution in [0.15, 0.2) is 48.5 Å². The van der Waals surface area contributed by atoms with Crippen molar-refractivity contribution in [2.24, 2.45) is 5.92 Å². The van der Waals surface area contributed by atoms with Crippen molar-refractivity contribution in [3.8, 4) is 5.75 Å². The van der Waals surface area contributed by atoms with Gasteiger partial charge in [-0.1, -0.05) is 18.2 Å². The molecule has 1 fully saturated rings. The summed E-state index contributed by atoms with van der Waals surface area (Å²) in [5.74, 6) is -0.532. The summed E-state index contributed by atoms with van der Waals surface area (Å²) in [6.07, 6.45) is 0. The second kappa shape index (κ2) is 8.42. The van der Waals surface area contributed by atoms with Gasteiger partial charge in [-0.05, 0) is 49.7 Å². The van der Waals surface area contributed by atoms with Gasteiger partial charge in [-0.3, -0.25) is 9.59 Å². The van der Waals surface area contributed by atoms with Crippen molar-refractivity contribution in [2.75, 3.05) is 20.2 Å². The predicted octanol–water partition coefficient (Wildman–Crippen LogP) is 3.21.